The fraction of sp³-hybridized carbons (Fsp3) is 0.429. The van der Waals surface area contributed by atoms with Crippen LogP contribution >= 0.6 is 23.5 Å². The van der Waals surface area contributed by atoms with Crippen molar-refractivity contribution in [3.8, 4) is 0 Å². The lowest BCUT2D eigenvalue weighted by atomic mass is 10.1. The van der Waals surface area contributed by atoms with E-state index in [9.17, 15) is 19.3 Å². The molecule has 0 heterocycles. The van der Waals surface area contributed by atoms with Gasteiger partial charge in [-0.05, 0) is 24.1 Å². The van der Waals surface area contributed by atoms with Gasteiger partial charge in [0.15, 0.2) is 0 Å². The molecular weight excluding hydrogens is 403 g/mol. The van der Waals surface area contributed by atoms with Crippen LogP contribution in [0.3, 0.4) is 0 Å². The second-order valence-electron chi connectivity index (χ2n) is 5.24. The van der Waals surface area contributed by atoms with Gasteiger partial charge in [0.05, 0.1) is 0 Å². The highest BCUT2D eigenvalue weighted by Crippen LogP contribution is 2.35. The third-order valence-electron chi connectivity index (χ3n) is 3.06. The summed E-state index contributed by atoms with van der Waals surface area (Å²) in [6.45, 7) is 1.86. The summed E-state index contributed by atoms with van der Waals surface area (Å²) in [6, 6.07) is 4.98. The summed E-state index contributed by atoms with van der Waals surface area (Å²) in [5.74, 6) is -1.23. The van der Waals surface area contributed by atoms with Crippen LogP contribution in [0.5, 0.6) is 0 Å². The Balaban J connectivity index is 2.83. The highest BCUT2D eigenvalue weighted by Gasteiger charge is 2.27. The lowest BCUT2D eigenvalue weighted by molar-refractivity contribution is -0.139. The molecule has 0 bridgehead atoms. The van der Waals surface area contributed by atoms with E-state index in [2.05, 4.69) is 21.2 Å². The Morgan fingerprint density at radius 3 is 2.54 bits per heavy atom. The van der Waals surface area contributed by atoms with E-state index in [0.29, 0.717) is 12.0 Å². The van der Waals surface area contributed by atoms with Gasteiger partial charge in [0.2, 0.25) is 0 Å². The summed E-state index contributed by atoms with van der Waals surface area (Å²) < 4.78 is 11.9. The van der Waals surface area contributed by atoms with Crippen LogP contribution in [0, 0.1) is 0 Å². The predicted octanol–water partition coefficient (Wildman–Crippen LogP) is 2.00. The highest BCUT2D eigenvalue weighted by atomic mass is 79.9. The van der Waals surface area contributed by atoms with Crippen LogP contribution in [0.4, 0.5) is 4.79 Å². The van der Waals surface area contributed by atoms with Gasteiger partial charge in [-0.1, -0.05) is 35.0 Å². The van der Waals surface area contributed by atoms with Gasteiger partial charge in [-0.15, -0.1) is 0 Å². The molecule has 134 valence electrons. The number of hydrogen-bond acceptors (Lipinski definition) is 3. The first-order chi connectivity index (χ1) is 11.1. The van der Waals surface area contributed by atoms with Crippen molar-refractivity contribution in [2.45, 2.75) is 25.8 Å². The molecule has 10 heteroatoms. The first-order valence-corrected chi connectivity index (χ1v) is 9.78. The topological polar surface area (TPSA) is 127 Å². The minimum atomic E-state index is -4.43. The van der Waals surface area contributed by atoms with E-state index in [0.717, 1.165) is 9.37 Å². The third kappa shape index (κ3) is 7.44. The number of aliphatic carboxylic acids is 1. The number of nitrogens with zero attached hydrogens (tertiary/aromatic N) is 1. The van der Waals surface area contributed by atoms with E-state index in [4.69, 9.17) is 9.79 Å². The van der Waals surface area contributed by atoms with Gasteiger partial charge in [-0.25, -0.2) is 9.59 Å². The molecule has 0 aliphatic rings. The van der Waals surface area contributed by atoms with Crippen LogP contribution < -0.4 is 5.32 Å². The summed E-state index contributed by atoms with van der Waals surface area (Å²) in [6.07, 6.45) is -0.219. The van der Waals surface area contributed by atoms with Crippen molar-refractivity contribution in [1.29, 1.82) is 0 Å². The van der Waals surface area contributed by atoms with Gasteiger partial charge in [-0.3, -0.25) is 4.57 Å². The maximum absolute atomic E-state index is 12.2. The Morgan fingerprint density at radius 2 is 2.04 bits per heavy atom. The SMILES string of the molecule is CCCN(CP(=O)(O)O)C(=O)N[C@@H](Cc1cccc(Br)c1)C(=O)O. The van der Waals surface area contributed by atoms with Crippen molar-refractivity contribution in [3.05, 3.63) is 34.3 Å². The van der Waals surface area contributed by atoms with Crippen molar-refractivity contribution in [2.75, 3.05) is 12.8 Å². The number of nitrogens with one attached hydrogen (secondary N) is 1. The van der Waals surface area contributed by atoms with Crippen LogP contribution in [-0.4, -0.2) is 50.7 Å². The summed E-state index contributed by atoms with van der Waals surface area (Å²) in [7, 11) is -4.43. The minimum absolute atomic E-state index is 0.0520. The Labute approximate surface area is 148 Å². The lowest BCUT2D eigenvalue weighted by Crippen LogP contribution is -2.49. The smallest absolute Gasteiger partial charge is 0.344 e. The van der Waals surface area contributed by atoms with Gasteiger partial charge >= 0.3 is 19.6 Å². The number of urea groups is 1. The predicted molar refractivity (Wildman–Crippen MR) is 91.7 cm³/mol. The standard InChI is InChI=1S/C14H20BrN2O6P/c1-2-6-17(9-24(21,22)23)14(20)16-12(13(18)19)8-10-4-3-5-11(15)7-10/h3-5,7,12H,2,6,8-9H2,1H3,(H,16,20)(H,18,19)(H2,21,22,23)/t12-/m0/s1. The normalized spacial score (nSPS) is 12.5. The van der Waals surface area contributed by atoms with Crippen molar-refractivity contribution < 1.29 is 29.0 Å². The number of benzene rings is 1. The molecule has 0 aromatic heterocycles. The highest BCUT2D eigenvalue weighted by molar-refractivity contribution is 9.10. The van der Waals surface area contributed by atoms with Gasteiger partial charge in [0.1, 0.15) is 12.3 Å². The molecule has 8 nitrogen and oxygen atoms in total. The van der Waals surface area contributed by atoms with Crippen molar-refractivity contribution in [2.24, 2.45) is 0 Å². The molecule has 1 aromatic carbocycles. The molecule has 0 radical (unpaired) electrons. The zero-order valence-corrected chi connectivity index (χ0v) is 15.5. The summed E-state index contributed by atoms with van der Waals surface area (Å²) >= 11 is 3.29. The average molecular weight is 423 g/mol. The van der Waals surface area contributed by atoms with Crippen LogP contribution in [-0.2, 0) is 15.8 Å². The Bertz CT molecular complexity index is 635. The molecule has 1 atom stereocenters. The van der Waals surface area contributed by atoms with E-state index >= 15 is 0 Å². The number of carbonyl (C=O) groups excluding carboxylic acids is 1. The van der Waals surface area contributed by atoms with Crippen molar-refractivity contribution in [3.63, 3.8) is 0 Å². The fourth-order valence-corrected chi connectivity index (χ4v) is 3.23. The average Bonchev–Trinajstić information content (AvgIpc) is 2.44. The first kappa shape index (κ1) is 20.6. The maximum Gasteiger partial charge on any atom is 0.344 e. The molecule has 24 heavy (non-hydrogen) atoms. The van der Waals surface area contributed by atoms with Gasteiger partial charge < -0.3 is 25.1 Å². The number of rotatable bonds is 8. The molecule has 0 aliphatic carbocycles. The molecule has 1 aromatic rings. The van der Waals surface area contributed by atoms with Crippen molar-refractivity contribution >= 4 is 35.5 Å². The number of halogens is 1. The summed E-state index contributed by atoms with van der Waals surface area (Å²) in [5, 5.41) is 11.6. The number of hydrogen-bond donors (Lipinski definition) is 4. The quantitative estimate of drug-likeness (QED) is 0.474. The molecule has 0 fully saturated rings. The van der Waals surface area contributed by atoms with Gasteiger partial charge in [-0.2, -0.15) is 0 Å². The molecular formula is C14H20BrN2O6P. The summed E-state index contributed by atoms with van der Waals surface area (Å²) in [5.41, 5.74) is 0.703. The fourth-order valence-electron chi connectivity index (χ4n) is 2.07. The van der Waals surface area contributed by atoms with Gasteiger partial charge in [0.25, 0.3) is 0 Å². The molecule has 0 unspecified atom stereocenters. The van der Waals surface area contributed by atoms with E-state index in [1.165, 1.54) is 0 Å². The minimum Gasteiger partial charge on any atom is -0.480 e. The third-order valence-corrected chi connectivity index (χ3v) is 4.26. The number of carboxylic acids is 1. The first-order valence-electron chi connectivity index (χ1n) is 7.19. The number of carboxylic acid groups (broad SMARTS) is 1. The number of carbonyl (C=O) groups is 2. The lowest BCUT2D eigenvalue weighted by Gasteiger charge is -2.25. The Morgan fingerprint density at radius 1 is 1.38 bits per heavy atom. The summed E-state index contributed by atoms with van der Waals surface area (Å²) in [4.78, 5) is 42.6. The van der Waals surface area contributed by atoms with Gasteiger partial charge in [0, 0.05) is 17.4 Å². The molecule has 0 spiro atoms. The number of amides is 2. The van der Waals surface area contributed by atoms with Crippen LogP contribution in [0.2, 0.25) is 0 Å². The molecule has 0 saturated carbocycles. The molecule has 2 amide bonds. The Kier molecular flexibility index (Phi) is 7.89. The van der Waals surface area contributed by atoms with Crippen LogP contribution in [0.25, 0.3) is 0 Å². The zero-order chi connectivity index (χ0) is 18.3. The monoisotopic (exact) mass is 422 g/mol. The van der Waals surface area contributed by atoms with E-state index in [1.54, 1.807) is 31.2 Å². The Hall–Kier alpha value is -1.41. The van der Waals surface area contributed by atoms with E-state index in [-0.39, 0.29) is 13.0 Å². The van der Waals surface area contributed by atoms with Crippen molar-refractivity contribution in [1.82, 2.24) is 10.2 Å². The second kappa shape index (κ2) is 9.17. The van der Waals surface area contributed by atoms with Crippen LogP contribution in [0.1, 0.15) is 18.9 Å². The second-order valence-corrected chi connectivity index (χ2v) is 7.77. The molecule has 0 aliphatic heterocycles. The maximum atomic E-state index is 12.2. The van der Waals surface area contributed by atoms with Crippen LogP contribution in [0.15, 0.2) is 28.7 Å². The molecule has 0 saturated heterocycles. The largest absolute Gasteiger partial charge is 0.480 e. The molecule has 4 N–H and O–H groups in total. The van der Waals surface area contributed by atoms with E-state index in [1.807, 2.05) is 0 Å². The zero-order valence-electron chi connectivity index (χ0n) is 13.1. The van der Waals surface area contributed by atoms with E-state index < -0.39 is 31.9 Å². The molecule has 1 rings (SSSR count).